The number of aromatic nitrogens is 4. The molecule has 10 heteroatoms. The van der Waals surface area contributed by atoms with Crippen LogP contribution < -0.4 is 10.3 Å². The highest BCUT2D eigenvalue weighted by atomic mass is 19.4. The number of hydrogen-bond acceptors (Lipinski definition) is 6. The van der Waals surface area contributed by atoms with Gasteiger partial charge in [0.2, 0.25) is 0 Å². The van der Waals surface area contributed by atoms with Crippen LogP contribution in [0.3, 0.4) is 0 Å². The van der Waals surface area contributed by atoms with E-state index in [1.165, 1.54) is 30.3 Å². The van der Waals surface area contributed by atoms with Gasteiger partial charge in [-0.05, 0) is 36.6 Å². The number of alkyl halides is 3. The fourth-order valence-corrected chi connectivity index (χ4v) is 2.74. The minimum absolute atomic E-state index is 0.116. The highest BCUT2D eigenvalue weighted by molar-refractivity contribution is 5.48. The second-order valence-electron chi connectivity index (χ2n) is 5.89. The summed E-state index contributed by atoms with van der Waals surface area (Å²) in [6.07, 6.45) is -3.43. The van der Waals surface area contributed by atoms with Crippen LogP contribution in [0.25, 0.3) is 11.6 Å². The molecule has 134 valence electrons. The van der Waals surface area contributed by atoms with Crippen molar-refractivity contribution in [3.8, 4) is 17.3 Å². The van der Waals surface area contributed by atoms with Crippen LogP contribution in [0.1, 0.15) is 24.2 Å². The molecule has 1 aromatic carbocycles. The van der Waals surface area contributed by atoms with E-state index in [1.54, 1.807) is 6.07 Å². The highest BCUT2D eigenvalue weighted by Crippen LogP contribution is 2.53. The third-order valence-electron chi connectivity index (χ3n) is 4.12. The van der Waals surface area contributed by atoms with E-state index in [0.29, 0.717) is 29.9 Å². The van der Waals surface area contributed by atoms with Crippen molar-refractivity contribution in [2.45, 2.75) is 24.6 Å². The van der Waals surface area contributed by atoms with Crippen molar-refractivity contribution in [1.29, 1.82) is 0 Å². The van der Waals surface area contributed by atoms with Gasteiger partial charge in [-0.1, -0.05) is 17.3 Å². The molecule has 0 unspecified atom stereocenters. The summed E-state index contributed by atoms with van der Waals surface area (Å²) < 4.78 is 46.5. The fraction of sp³-hybridized carbons (Fsp3) is 0.250. The van der Waals surface area contributed by atoms with E-state index in [1.807, 2.05) is 0 Å². The molecule has 3 aromatic rings. The molecule has 2 heterocycles. The number of benzene rings is 1. The van der Waals surface area contributed by atoms with Gasteiger partial charge in [-0.15, -0.1) is 13.2 Å². The summed E-state index contributed by atoms with van der Waals surface area (Å²) in [7, 11) is 0. The molecule has 7 nitrogen and oxygen atoms in total. The van der Waals surface area contributed by atoms with Gasteiger partial charge in [0.25, 0.3) is 11.4 Å². The molecule has 26 heavy (non-hydrogen) atoms. The van der Waals surface area contributed by atoms with Crippen molar-refractivity contribution >= 4 is 0 Å². The number of hydrogen-bond donors (Lipinski definition) is 1. The molecule has 1 aliphatic carbocycles. The van der Waals surface area contributed by atoms with Crippen molar-refractivity contribution < 1.29 is 22.4 Å². The summed E-state index contributed by atoms with van der Waals surface area (Å²) in [5.74, 6) is 0.169. The lowest BCUT2D eigenvalue weighted by atomic mass is 9.95. The lowest BCUT2D eigenvalue weighted by molar-refractivity contribution is -0.274. The summed E-state index contributed by atoms with van der Waals surface area (Å²) in [5, 5.41) is 10.0. The Bertz CT molecular complexity index is 988. The number of H-pyrrole nitrogens is 1. The predicted octanol–water partition coefficient (Wildman–Crippen LogP) is 2.80. The number of halogens is 3. The van der Waals surface area contributed by atoms with E-state index >= 15 is 0 Å². The maximum absolute atomic E-state index is 12.4. The van der Waals surface area contributed by atoms with Gasteiger partial charge >= 0.3 is 6.36 Å². The second-order valence-corrected chi connectivity index (χ2v) is 5.89. The predicted molar refractivity (Wildman–Crippen MR) is 81.3 cm³/mol. The normalized spacial score (nSPS) is 15.7. The average molecular weight is 364 g/mol. The Labute approximate surface area is 143 Å². The number of ether oxygens (including phenoxy) is 1. The first kappa shape index (κ1) is 16.3. The molecular weight excluding hydrogens is 353 g/mol. The van der Waals surface area contributed by atoms with Crippen molar-refractivity contribution in [3.63, 3.8) is 0 Å². The lowest BCUT2D eigenvalue weighted by Crippen LogP contribution is -2.18. The van der Waals surface area contributed by atoms with E-state index < -0.39 is 11.8 Å². The standard InChI is InChI=1S/C16H11F3N4O3/c17-16(18,19)25-10-3-1-2-9(8-10)15(6-7-15)14-20-13(26-23-14)11-4-5-12(24)22-21-11/h1-5,8H,6-7H2,(H,22,24). The first-order chi connectivity index (χ1) is 12.4. The molecular formula is C16H11F3N4O3. The van der Waals surface area contributed by atoms with Gasteiger partial charge in [-0.3, -0.25) is 4.79 Å². The third-order valence-corrected chi connectivity index (χ3v) is 4.12. The Morgan fingerprint density at radius 1 is 1.19 bits per heavy atom. The average Bonchev–Trinajstić information content (AvgIpc) is 3.25. The van der Waals surface area contributed by atoms with Crippen LogP contribution in [-0.2, 0) is 5.41 Å². The molecule has 0 atom stereocenters. The summed E-state index contributed by atoms with van der Waals surface area (Å²) in [6.45, 7) is 0. The van der Waals surface area contributed by atoms with E-state index in [-0.39, 0.29) is 17.2 Å². The molecule has 1 aliphatic rings. The SMILES string of the molecule is O=c1ccc(-c2nc(C3(c4cccc(OC(F)(F)F)c4)CC3)no2)n[nH]1. The Hall–Kier alpha value is -3.17. The molecule has 0 bridgehead atoms. The van der Waals surface area contributed by atoms with Crippen molar-refractivity contribution in [2.75, 3.05) is 0 Å². The van der Waals surface area contributed by atoms with E-state index in [0.717, 1.165) is 0 Å². The molecule has 0 radical (unpaired) electrons. The molecule has 0 amide bonds. The summed E-state index contributed by atoms with van der Waals surface area (Å²) >= 11 is 0. The van der Waals surface area contributed by atoms with Crippen LogP contribution in [0.15, 0.2) is 45.7 Å². The Morgan fingerprint density at radius 2 is 2.00 bits per heavy atom. The number of nitrogens with one attached hydrogen (secondary N) is 1. The van der Waals surface area contributed by atoms with Gasteiger partial charge in [0.1, 0.15) is 11.4 Å². The van der Waals surface area contributed by atoms with Crippen molar-refractivity contribution in [3.05, 3.63) is 58.1 Å². The van der Waals surface area contributed by atoms with Crippen LogP contribution in [0.4, 0.5) is 13.2 Å². The summed E-state index contributed by atoms with van der Waals surface area (Å²) in [5.41, 5.74) is -0.0718. The van der Waals surface area contributed by atoms with Crippen LogP contribution in [0, 0.1) is 0 Å². The molecule has 0 saturated heterocycles. The minimum atomic E-state index is -4.76. The summed E-state index contributed by atoms with van der Waals surface area (Å²) in [4.78, 5) is 15.4. The van der Waals surface area contributed by atoms with E-state index in [9.17, 15) is 18.0 Å². The van der Waals surface area contributed by atoms with Crippen molar-refractivity contribution in [1.82, 2.24) is 20.3 Å². The molecule has 0 spiro atoms. The first-order valence-electron chi connectivity index (χ1n) is 7.62. The molecule has 0 aliphatic heterocycles. The van der Waals surface area contributed by atoms with Gasteiger partial charge in [-0.25, -0.2) is 5.10 Å². The quantitative estimate of drug-likeness (QED) is 0.765. The van der Waals surface area contributed by atoms with E-state index in [4.69, 9.17) is 4.52 Å². The second kappa shape index (κ2) is 5.68. The zero-order chi connectivity index (χ0) is 18.4. The van der Waals surface area contributed by atoms with Crippen LogP contribution in [-0.4, -0.2) is 26.7 Å². The van der Waals surface area contributed by atoms with Gasteiger partial charge in [0, 0.05) is 6.07 Å². The zero-order valence-corrected chi connectivity index (χ0v) is 13.1. The highest BCUT2D eigenvalue weighted by Gasteiger charge is 2.50. The molecule has 1 N–H and O–H groups in total. The topological polar surface area (TPSA) is 93.9 Å². The zero-order valence-electron chi connectivity index (χ0n) is 13.1. The Morgan fingerprint density at radius 3 is 2.65 bits per heavy atom. The smallest absolute Gasteiger partial charge is 0.406 e. The van der Waals surface area contributed by atoms with Gasteiger partial charge < -0.3 is 9.26 Å². The maximum Gasteiger partial charge on any atom is 0.573 e. The first-order valence-corrected chi connectivity index (χ1v) is 7.62. The van der Waals surface area contributed by atoms with Gasteiger partial charge in [0.05, 0.1) is 5.41 Å². The maximum atomic E-state index is 12.4. The van der Waals surface area contributed by atoms with Crippen LogP contribution >= 0.6 is 0 Å². The molecule has 1 fully saturated rings. The Balaban J connectivity index is 1.65. The third kappa shape index (κ3) is 3.05. The Kier molecular flexibility index (Phi) is 3.56. The molecule has 1 saturated carbocycles. The lowest BCUT2D eigenvalue weighted by Gasteiger charge is -2.14. The largest absolute Gasteiger partial charge is 0.573 e. The van der Waals surface area contributed by atoms with Crippen LogP contribution in [0.5, 0.6) is 5.75 Å². The molecule has 2 aromatic heterocycles. The molecule has 4 rings (SSSR count). The van der Waals surface area contributed by atoms with E-state index in [2.05, 4.69) is 25.1 Å². The number of nitrogens with zero attached hydrogens (tertiary/aromatic N) is 3. The van der Waals surface area contributed by atoms with Gasteiger partial charge in [0.15, 0.2) is 5.82 Å². The van der Waals surface area contributed by atoms with Crippen LogP contribution in [0.2, 0.25) is 0 Å². The fourth-order valence-electron chi connectivity index (χ4n) is 2.74. The van der Waals surface area contributed by atoms with Gasteiger partial charge in [-0.2, -0.15) is 10.1 Å². The number of aromatic amines is 1. The monoisotopic (exact) mass is 364 g/mol. The number of rotatable bonds is 4. The summed E-state index contributed by atoms with van der Waals surface area (Å²) in [6, 6.07) is 8.46. The minimum Gasteiger partial charge on any atom is -0.406 e. The van der Waals surface area contributed by atoms with Crippen molar-refractivity contribution in [2.24, 2.45) is 0 Å².